The van der Waals surface area contributed by atoms with Crippen LogP contribution in [0.5, 0.6) is 5.75 Å². The fraction of sp³-hybridized carbons (Fsp3) is 0.316. The van der Waals surface area contributed by atoms with Crippen molar-refractivity contribution >= 4 is 29.1 Å². The van der Waals surface area contributed by atoms with Crippen LogP contribution in [0.1, 0.15) is 42.1 Å². The van der Waals surface area contributed by atoms with Crippen molar-refractivity contribution in [1.29, 1.82) is 0 Å². The number of carbonyl (C=O) groups excluding carboxylic acids is 1. The molecular formula is C19H21Cl2NO2. The highest BCUT2D eigenvalue weighted by atomic mass is 35.5. The first-order chi connectivity index (χ1) is 11.6. The van der Waals surface area contributed by atoms with Crippen molar-refractivity contribution in [2.75, 3.05) is 6.61 Å². The molecule has 2 aromatic carbocycles. The van der Waals surface area contributed by atoms with Gasteiger partial charge in [0.1, 0.15) is 5.75 Å². The van der Waals surface area contributed by atoms with Crippen LogP contribution in [-0.2, 0) is 6.54 Å². The summed E-state index contributed by atoms with van der Waals surface area (Å²) in [5, 5.41) is 3.98. The van der Waals surface area contributed by atoms with Crippen LogP contribution < -0.4 is 10.1 Å². The maximum atomic E-state index is 12.4. The predicted molar refractivity (Wildman–Crippen MR) is 99.1 cm³/mol. The number of amides is 1. The quantitative estimate of drug-likeness (QED) is 0.627. The standard InChI is InChI=1S/C19H21Cl2NO2/c1-2-3-6-11-24-18-8-5-4-7-16(18)19(23)22-13-14-9-10-15(20)12-17(14)21/h4-5,7-10,12H,2-3,6,11,13H2,1H3,(H,22,23). The molecule has 24 heavy (non-hydrogen) atoms. The Morgan fingerprint density at radius 3 is 2.67 bits per heavy atom. The summed E-state index contributed by atoms with van der Waals surface area (Å²) < 4.78 is 5.75. The molecule has 0 unspecified atom stereocenters. The van der Waals surface area contributed by atoms with Crippen molar-refractivity contribution in [2.45, 2.75) is 32.7 Å². The minimum absolute atomic E-state index is 0.188. The van der Waals surface area contributed by atoms with Gasteiger partial charge >= 0.3 is 0 Å². The number of rotatable bonds is 8. The zero-order chi connectivity index (χ0) is 17.4. The fourth-order valence-electron chi connectivity index (χ4n) is 2.25. The number of halogens is 2. The molecule has 0 radical (unpaired) electrons. The second-order valence-electron chi connectivity index (χ2n) is 5.47. The van der Waals surface area contributed by atoms with Gasteiger partial charge in [0.25, 0.3) is 5.91 Å². The summed E-state index contributed by atoms with van der Waals surface area (Å²) in [6.45, 7) is 3.09. The highest BCUT2D eigenvalue weighted by molar-refractivity contribution is 6.35. The van der Waals surface area contributed by atoms with Crippen molar-refractivity contribution in [3.05, 3.63) is 63.6 Å². The SMILES string of the molecule is CCCCCOc1ccccc1C(=O)NCc1ccc(Cl)cc1Cl. The van der Waals surface area contributed by atoms with E-state index < -0.39 is 0 Å². The van der Waals surface area contributed by atoms with E-state index in [1.54, 1.807) is 24.3 Å². The van der Waals surface area contributed by atoms with Gasteiger partial charge in [-0.2, -0.15) is 0 Å². The van der Waals surface area contributed by atoms with E-state index >= 15 is 0 Å². The van der Waals surface area contributed by atoms with Crippen molar-refractivity contribution < 1.29 is 9.53 Å². The summed E-state index contributed by atoms with van der Waals surface area (Å²) in [6, 6.07) is 12.5. The lowest BCUT2D eigenvalue weighted by atomic mass is 10.1. The predicted octanol–water partition coefficient (Wildman–Crippen LogP) is 5.49. The molecule has 0 aliphatic carbocycles. The summed E-state index contributed by atoms with van der Waals surface area (Å²) in [7, 11) is 0. The summed E-state index contributed by atoms with van der Waals surface area (Å²) >= 11 is 12.0. The van der Waals surface area contributed by atoms with Gasteiger partial charge in [-0.15, -0.1) is 0 Å². The van der Waals surface area contributed by atoms with E-state index in [1.165, 1.54) is 0 Å². The third kappa shape index (κ3) is 5.43. The van der Waals surface area contributed by atoms with Gasteiger partial charge in [-0.05, 0) is 36.2 Å². The van der Waals surface area contributed by atoms with Crippen LogP contribution in [0.2, 0.25) is 10.0 Å². The Hall–Kier alpha value is -1.71. The maximum absolute atomic E-state index is 12.4. The number of carbonyl (C=O) groups is 1. The first-order valence-electron chi connectivity index (χ1n) is 8.05. The van der Waals surface area contributed by atoms with Crippen molar-refractivity contribution in [3.63, 3.8) is 0 Å². The molecule has 5 heteroatoms. The largest absolute Gasteiger partial charge is 0.493 e. The van der Waals surface area contributed by atoms with Crippen LogP contribution in [0.15, 0.2) is 42.5 Å². The van der Waals surface area contributed by atoms with E-state index in [9.17, 15) is 4.79 Å². The molecule has 0 fully saturated rings. The van der Waals surface area contributed by atoms with Gasteiger partial charge in [0.05, 0.1) is 12.2 Å². The monoisotopic (exact) mass is 365 g/mol. The molecular weight excluding hydrogens is 345 g/mol. The number of hydrogen-bond donors (Lipinski definition) is 1. The second-order valence-corrected chi connectivity index (χ2v) is 6.31. The fourth-order valence-corrected chi connectivity index (χ4v) is 2.73. The van der Waals surface area contributed by atoms with Crippen LogP contribution in [0.3, 0.4) is 0 Å². The smallest absolute Gasteiger partial charge is 0.255 e. The Bertz CT molecular complexity index is 689. The van der Waals surface area contributed by atoms with E-state index in [4.69, 9.17) is 27.9 Å². The number of para-hydroxylation sites is 1. The van der Waals surface area contributed by atoms with E-state index in [-0.39, 0.29) is 5.91 Å². The van der Waals surface area contributed by atoms with Crippen LogP contribution >= 0.6 is 23.2 Å². The van der Waals surface area contributed by atoms with Gasteiger partial charge in [-0.25, -0.2) is 0 Å². The highest BCUT2D eigenvalue weighted by Crippen LogP contribution is 2.22. The Morgan fingerprint density at radius 2 is 1.92 bits per heavy atom. The van der Waals surface area contributed by atoms with Crippen LogP contribution in [0.4, 0.5) is 0 Å². The number of benzene rings is 2. The first kappa shape index (κ1) is 18.6. The Balaban J connectivity index is 1.99. The van der Waals surface area contributed by atoms with E-state index in [2.05, 4.69) is 12.2 Å². The summed E-state index contributed by atoms with van der Waals surface area (Å²) in [5.41, 5.74) is 1.34. The van der Waals surface area contributed by atoms with Gasteiger partial charge in [0.15, 0.2) is 0 Å². The lowest BCUT2D eigenvalue weighted by Gasteiger charge is -2.12. The molecule has 1 amide bonds. The second kappa shape index (κ2) is 9.55. The van der Waals surface area contributed by atoms with Gasteiger partial charge in [-0.3, -0.25) is 4.79 Å². The van der Waals surface area contributed by atoms with E-state index in [0.29, 0.717) is 34.5 Å². The average molecular weight is 366 g/mol. The topological polar surface area (TPSA) is 38.3 Å². The van der Waals surface area contributed by atoms with Crippen LogP contribution in [0, 0.1) is 0 Å². The van der Waals surface area contributed by atoms with Gasteiger partial charge in [-0.1, -0.05) is 61.2 Å². The van der Waals surface area contributed by atoms with E-state index in [1.807, 2.05) is 18.2 Å². The van der Waals surface area contributed by atoms with Crippen molar-refractivity contribution in [2.24, 2.45) is 0 Å². The third-order valence-corrected chi connectivity index (χ3v) is 4.18. The molecule has 0 bridgehead atoms. The zero-order valence-electron chi connectivity index (χ0n) is 13.6. The molecule has 0 heterocycles. The number of ether oxygens (including phenoxy) is 1. The molecule has 1 N–H and O–H groups in total. The molecule has 0 aliphatic rings. The molecule has 0 spiro atoms. The third-order valence-electron chi connectivity index (χ3n) is 3.59. The van der Waals surface area contributed by atoms with Crippen LogP contribution in [-0.4, -0.2) is 12.5 Å². The Morgan fingerprint density at radius 1 is 1.12 bits per heavy atom. The molecule has 0 saturated carbocycles. The number of unbranched alkanes of at least 4 members (excludes halogenated alkanes) is 2. The maximum Gasteiger partial charge on any atom is 0.255 e. The summed E-state index contributed by atoms with van der Waals surface area (Å²) in [4.78, 5) is 12.4. The molecule has 0 aromatic heterocycles. The average Bonchev–Trinajstić information content (AvgIpc) is 2.58. The summed E-state index contributed by atoms with van der Waals surface area (Å²) in [5.74, 6) is 0.417. The highest BCUT2D eigenvalue weighted by Gasteiger charge is 2.12. The first-order valence-corrected chi connectivity index (χ1v) is 8.81. The molecule has 0 atom stereocenters. The molecule has 3 nitrogen and oxygen atoms in total. The lowest BCUT2D eigenvalue weighted by Crippen LogP contribution is -2.23. The summed E-state index contributed by atoms with van der Waals surface area (Å²) in [6.07, 6.45) is 3.23. The van der Waals surface area contributed by atoms with E-state index in [0.717, 1.165) is 24.8 Å². The lowest BCUT2D eigenvalue weighted by molar-refractivity contribution is 0.0946. The number of hydrogen-bond acceptors (Lipinski definition) is 2. The molecule has 0 aliphatic heterocycles. The molecule has 128 valence electrons. The van der Waals surface area contributed by atoms with Crippen molar-refractivity contribution in [3.8, 4) is 5.75 Å². The van der Waals surface area contributed by atoms with Gasteiger partial charge < -0.3 is 10.1 Å². The Kier molecular flexibility index (Phi) is 7.41. The minimum Gasteiger partial charge on any atom is -0.493 e. The van der Waals surface area contributed by atoms with Crippen molar-refractivity contribution in [1.82, 2.24) is 5.32 Å². The minimum atomic E-state index is -0.188. The molecule has 0 saturated heterocycles. The molecule has 2 aromatic rings. The normalized spacial score (nSPS) is 10.5. The van der Waals surface area contributed by atoms with Gasteiger partial charge in [0, 0.05) is 16.6 Å². The van der Waals surface area contributed by atoms with Gasteiger partial charge in [0.2, 0.25) is 0 Å². The molecule has 2 rings (SSSR count). The number of nitrogens with one attached hydrogen (secondary N) is 1. The zero-order valence-corrected chi connectivity index (χ0v) is 15.2. The Labute approximate surface area is 152 Å². The van der Waals surface area contributed by atoms with Crippen LogP contribution in [0.25, 0.3) is 0 Å².